The molecule has 22 heavy (non-hydrogen) atoms. The molecule has 1 aromatic heterocycles. The Morgan fingerprint density at radius 2 is 1.86 bits per heavy atom. The van der Waals surface area contributed by atoms with Crippen LogP contribution in [0.3, 0.4) is 0 Å². The van der Waals surface area contributed by atoms with Crippen molar-refractivity contribution in [2.45, 2.75) is 44.9 Å². The van der Waals surface area contributed by atoms with Crippen molar-refractivity contribution in [1.29, 1.82) is 0 Å². The maximum Gasteiger partial charge on any atom is 0.202 e. The highest BCUT2D eigenvalue weighted by Gasteiger charge is 2.21. The van der Waals surface area contributed by atoms with Gasteiger partial charge in [0.25, 0.3) is 0 Å². The van der Waals surface area contributed by atoms with E-state index < -0.39 is 0 Å². The first-order valence-corrected chi connectivity index (χ1v) is 8.87. The molecule has 2 aromatic rings. The van der Waals surface area contributed by atoms with Crippen molar-refractivity contribution >= 4 is 32.8 Å². The molecule has 4 heteroatoms. The van der Waals surface area contributed by atoms with Gasteiger partial charge in [-0.15, -0.1) is 0 Å². The summed E-state index contributed by atoms with van der Waals surface area (Å²) in [4.78, 5) is 15.2. The number of nitrogens with zero attached hydrogens (tertiary/aromatic N) is 1. The predicted molar refractivity (Wildman–Crippen MR) is 95.4 cm³/mol. The van der Waals surface area contributed by atoms with Crippen LogP contribution in [-0.2, 0) is 0 Å². The number of benzene rings is 1. The number of anilines is 1. The van der Waals surface area contributed by atoms with Crippen molar-refractivity contribution in [2.24, 2.45) is 0 Å². The van der Waals surface area contributed by atoms with E-state index in [4.69, 9.17) is 4.42 Å². The molecule has 1 aliphatic rings. The van der Waals surface area contributed by atoms with Gasteiger partial charge in [0.05, 0.1) is 10.9 Å². The number of alkyl halides is 1. The first-order valence-electron chi connectivity index (χ1n) is 7.96. The summed E-state index contributed by atoms with van der Waals surface area (Å²) < 4.78 is 6.26. The Balaban J connectivity index is 2.27. The molecule has 0 amide bonds. The monoisotopic (exact) mass is 363 g/mol. The van der Waals surface area contributed by atoms with Gasteiger partial charge in [-0.05, 0) is 51.7 Å². The quantitative estimate of drug-likeness (QED) is 0.714. The number of piperidine rings is 1. The van der Waals surface area contributed by atoms with Crippen molar-refractivity contribution in [3.8, 4) is 0 Å². The molecule has 118 valence electrons. The topological polar surface area (TPSA) is 33.5 Å². The van der Waals surface area contributed by atoms with Crippen LogP contribution in [0.5, 0.6) is 0 Å². The number of aryl methyl sites for hydroxylation is 1. The fourth-order valence-corrected chi connectivity index (χ4v) is 3.59. The van der Waals surface area contributed by atoms with Crippen molar-refractivity contribution in [3.05, 3.63) is 39.0 Å². The van der Waals surface area contributed by atoms with Crippen LogP contribution in [0.4, 0.5) is 5.88 Å². The van der Waals surface area contributed by atoms with Crippen molar-refractivity contribution in [1.82, 2.24) is 0 Å². The van der Waals surface area contributed by atoms with Crippen molar-refractivity contribution < 1.29 is 4.42 Å². The fourth-order valence-electron chi connectivity index (χ4n) is 3.25. The Bertz CT molecular complexity index is 758. The van der Waals surface area contributed by atoms with E-state index in [1.54, 1.807) is 0 Å². The van der Waals surface area contributed by atoms with Crippen LogP contribution >= 0.6 is 15.9 Å². The van der Waals surface area contributed by atoms with E-state index in [0.717, 1.165) is 54.1 Å². The van der Waals surface area contributed by atoms with Crippen LogP contribution < -0.4 is 10.3 Å². The van der Waals surface area contributed by atoms with E-state index in [2.05, 4.69) is 33.8 Å². The second kappa shape index (κ2) is 6.07. The summed E-state index contributed by atoms with van der Waals surface area (Å²) >= 11 is 3.63. The summed E-state index contributed by atoms with van der Waals surface area (Å²) in [6.07, 6.45) is 3.59. The van der Waals surface area contributed by atoms with Crippen molar-refractivity contribution in [3.63, 3.8) is 0 Å². The first kappa shape index (κ1) is 15.6. The van der Waals surface area contributed by atoms with E-state index >= 15 is 0 Å². The van der Waals surface area contributed by atoms with Gasteiger partial charge in [0.1, 0.15) is 5.58 Å². The predicted octanol–water partition coefficient (Wildman–Crippen LogP) is 4.86. The van der Waals surface area contributed by atoms with Gasteiger partial charge in [0.15, 0.2) is 5.43 Å². The zero-order valence-corrected chi connectivity index (χ0v) is 15.0. The molecule has 1 saturated heterocycles. The largest absolute Gasteiger partial charge is 0.440 e. The Hall–Kier alpha value is -1.29. The number of rotatable bonds is 2. The lowest BCUT2D eigenvalue weighted by atomic mass is 10.0. The molecule has 3 rings (SSSR count). The molecule has 1 unspecified atom stereocenters. The normalized spacial score (nSPS) is 17.0. The van der Waals surface area contributed by atoms with E-state index in [0.29, 0.717) is 5.39 Å². The standard InChI is InChI=1S/C18H22BrNO2/c1-11-9-14(13(3)19)17-15(10-11)16(21)12(2)18(22-17)20-7-5-4-6-8-20/h9-10,13H,4-8H2,1-3H3. The maximum absolute atomic E-state index is 12.8. The first-order chi connectivity index (χ1) is 10.5. The lowest BCUT2D eigenvalue weighted by Crippen LogP contribution is -2.31. The van der Waals surface area contributed by atoms with E-state index in [1.807, 2.05) is 19.9 Å². The Labute approximate surface area is 139 Å². The fraction of sp³-hybridized carbons (Fsp3) is 0.500. The minimum absolute atomic E-state index is 0.0972. The van der Waals surface area contributed by atoms with Crippen LogP contribution in [0.1, 0.15) is 47.7 Å². The summed E-state index contributed by atoms with van der Waals surface area (Å²) in [6.45, 7) is 7.91. The number of fused-ring (bicyclic) bond motifs is 1. The molecule has 0 saturated carbocycles. The highest BCUT2D eigenvalue weighted by Crippen LogP contribution is 2.33. The van der Waals surface area contributed by atoms with Crippen LogP contribution in [-0.4, -0.2) is 13.1 Å². The molecule has 0 bridgehead atoms. The highest BCUT2D eigenvalue weighted by atomic mass is 79.9. The minimum Gasteiger partial charge on any atom is -0.440 e. The van der Waals surface area contributed by atoms with Gasteiger partial charge in [0, 0.05) is 23.5 Å². The molecule has 1 aromatic carbocycles. The highest BCUT2D eigenvalue weighted by molar-refractivity contribution is 9.09. The van der Waals surface area contributed by atoms with Gasteiger partial charge in [0.2, 0.25) is 5.88 Å². The number of halogens is 1. The smallest absolute Gasteiger partial charge is 0.202 e. The Morgan fingerprint density at radius 3 is 2.50 bits per heavy atom. The van der Waals surface area contributed by atoms with E-state index in [9.17, 15) is 4.79 Å². The second-order valence-corrected chi connectivity index (χ2v) is 7.63. The van der Waals surface area contributed by atoms with Crippen LogP contribution in [0.15, 0.2) is 21.3 Å². The summed E-state index contributed by atoms with van der Waals surface area (Å²) in [6, 6.07) is 4.03. The lowest BCUT2D eigenvalue weighted by molar-refractivity contribution is 0.508. The van der Waals surface area contributed by atoms with Crippen LogP contribution in [0, 0.1) is 13.8 Å². The van der Waals surface area contributed by atoms with Gasteiger partial charge in [-0.2, -0.15) is 0 Å². The van der Waals surface area contributed by atoms with Crippen LogP contribution in [0.2, 0.25) is 0 Å². The maximum atomic E-state index is 12.8. The van der Waals surface area contributed by atoms with Crippen molar-refractivity contribution in [2.75, 3.05) is 18.0 Å². The zero-order chi connectivity index (χ0) is 15.9. The number of hydrogen-bond donors (Lipinski definition) is 0. The molecule has 0 radical (unpaired) electrons. The lowest BCUT2D eigenvalue weighted by Gasteiger charge is -2.28. The summed E-state index contributed by atoms with van der Waals surface area (Å²) in [5.41, 5.74) is 3.69. The molecule has 3 nitrogen and oxygen atoms in total. The molecule has 0 spiro atoms. The number of hydrogen-bond acceptors (Lipinski definition) is 3. The molecule has 2 heterocycles. The minimum atomic E-state index is 0.0972. The van der Waals surface area contributed by atoms with Gasteiger partial charge in [-0.3, -0.25) is 4.79 Å². The van der Waals surface area contributed by atoms with E-state index in [1.165, 1.54) is 6.42 Å². The molecule has 1 atom stereocenters. The molecule has 0 aliphatic carbocycles. The average Bonchev–Trinajstić information content (AvgIpc) is 2.51. The summed E-state index contributed by atoms with van der Waals surface area (Å²) in [5, 5.41) is 0.694. The second-order valence-electron chi connectivity index (χ2n) is 6.26. The molecular formula is C18H22BrNO2. The van der Waals surface area contributed by atoms with Crippen LogP contribution in [0.25, 0.3) is 11.0 Å². The average molecular weight is 364 g/mol. The SMILES string of the molecule is Cc1cc(C(C)Br)c2oc(N3CCCCC3)c(C)c(=O)c2c1. The molecule has 1 fully saturated rings. The summed E-state index contributed by atoms with van der Waals surface area (Å²) in [5.74, 6) is 0.760. The summed E-state index contributed by atoms with van der Waals surface area (Å²) in [7, 11) is 0. The third-order valence-corrected chi connectivity index (χ3v) is 4.93. The van der Waals surface area contributed by atoms with E-state index in [-0.39, 0.29) is 10.3 Å². The third-order valence-electron chi connectivity index (χ3n) is 4.44. The molecular weight excluding hydrogens is 342 g/mol. The molecule has 1 aliphatic heterocycles. The Morgan fingerprint density at radius 1 is 1.18 bits per heavy atom. The van der Waals surface area contributed by atoms with Gasteiger partial charge in [-0.1, -0.05) is 22.0 Å². The Kier molecular flexibility index (Phi) is 4.31. The molecule has 0 N–H and O–H groups in total. The zero-order valence-electron chi connectivity index (χ0n) is 13.4. The third kappa shape index (κ3) is 2.69. The van der Waals surface area contributed by atoms with Gasteiger partial charge < -0.3 is 9.32 Å². The van der Waals surface area contributed by atoms with Gasteiger partial charge in [-0.25, -0.2) is 0 Å². The van der Waals surface area contributed by atoms with Gasteiger partial charge >= 0.3 is 0 Å².